The standard InChI is InChI=1S/C11H16ClN3OS/c1-3-16-6-4-14(2)10-9(8-12)15-5-7-17-11(15)13-10/h5,7H,3-4,6,8H2,1-2H3. The van der Waals surface area contributed by atoms with Crippen LogP contribution < -0.4 is 4.90 Å². The minimum absolute atomic E-state index is 0.464. The number of likely N-dealkylation sites (N-methyl/N-ethyl adjacent to an activating group) is 1. The van der Waals surface area contributed by atoms with Crippen molar-refractivity contribution in [3.63, 3.8) is 0 Å². The maximum absolute atomic E-state index is 6.00. The Kier molecular flexibility index (Phi) is 4.25. The summed E-state index contributed by atoms with van der Waals surface area (Å²) in [6.45, 7) is 4.27. The van der Waals surface area contributed by atoms with Gasteiger partial charge in [-0.2, -0.15) is 0 Å². The summed E-state index contributed by atoms with van der Waals surface area (Å²) in [4.78, 5) is 7.67. The van der Waals surface area contributed by atoms with Crippen molar-refractivity contribution in [3.05, 3.63) is 17.3 Å². The molecule has 0 fully saturated rings. The van der Waals surface area contributed by atoms with Crippen molar-refractivity contribution < 1.29 is 4.74 Å². The van der Waals surface area contributed by atoms with Crippen molar-refractivity contribution in [1.82, 2.24) is 9.38 Å². The van der Waals surface area contributed by atoms with E-state index in [2.05, 4.69) is 9.88 Å². The molecule has 0 atom stereocenters. The first-order valence-electron chi connectivity index (χ1n) is 5.57. The van der Waals surface area contributed by atoms with Crippen LogP contribution >= 0.6 is 22.9 Å². The SMILES string of the molecule is CCOCCN(C)c1nc2sccn2c1CCl. The zero-order valence-electron chi connectivity index (χ0n) is 10.0. The Bertz CT molecular complexity index is 482. The molecule has 0 spiro atoms. The van der Waals surface area contributed by atoms with Gasteiger partial charge in [-0.25, -0.2) is 4.98 Å². The van der Waals surface area contributed by atoms with Crippen molar-refractivity contribution in [3.8, 4) is 0 Å². The van der Waals surface area contributed by atoms with Crippen LogP contribution in [0, 0.1) is 0 Å². The van der Waals surface area contributed by atoms with Gasteiger partial charge in [-0.15, -0.1) is 22.9 Å². The fraction of sp³-hybridized carbons (Fsp3) is 0.545. The molecular formula is C11H16ClN3OS. The van der Waals surface area contributed by atoms with Gasteiger partial charge >= 0.3 is 0 Å². The third-order valence-electron chi connectivity index (χ3n) is 2.60. The molecule has 2 aromatic heterocycles. The number of rotatable bonds is 6. The van der Waals surface area contributed by atoms with Crippen molar-refractivity contribution >= 4 is 33.7 Å². The van der Waals surface area contributed by atoms with Crippen LogP contribution in [0.4, 0.5) is 5.82 Å². The Balaban J connectivity index is 2.18. The van der Waals surface area contributed by atoms with Crippen LogP contribution in [0.5, 0.6) is 0 Å². The number of halogens is 1. The summed E-state index contributed by atoms with van der Waals surface area (Å²) in [5.41, 5.74) is 1.04. The molecule has 17 heavy (non-hydrogen) atoms. The Hall–Kier alpha value is -0.780. The van der Waals surface area contributed by atoms with Crippen molar-refractivity contribution in [1.29, 1.82) is 0 Å². The molecule has 0 amide bonds. The third-order valence-corrected chi connectivity index (χ3v) is 3.61. The average Bonchev–Trinajstić information content (AvgIpc) is 2.88. The Labute approximate surface area is 110 Å². The number of ether oxygens (including phenoxy) is 1. The van der Waals surface area contributed by atoms with Crippen molar-refractivity contribution in [2.24, 2.45) is 0 Å². The zero-order valence-corrected chi connectivity index (χ0v) is 11.6. The van der Waals surface area contributed by atoms with Gasteiger partial charge in [0.15, 0.2) is 10.8 Å². The highest BCUT2D eigenvalue weighted by atomic mass is 35.5. The largest absolute Gasteiger partial charge is 0.380 e. The molecule has 2 rings (SSSR count). The van der Waals surface area contributed by atoms with Gasteiger partial charge in [-0.1, -0.05) is 0 Å². The zero-order chi connectivity index (χ0) is 12.3. The number of nitrogens with zero attached hydrogens (tertiary/aromatic N) is 3. The monoisotopic (exact) mass is 273 g/mol. The van der Waals surface area contributed by atoms with Gasteiger partial charge in [-0.3, -0.25) is 4.40 Å². The predicted octanol–water partition coefficient (Wildman–Crippen LogP) is 2.61. The van der Waals surface area contributed by atoms with E-state index in [9.17, 15) is 0 Å². The smallest absolute Gasteiger partial charge is 0.195 e. The minimum atomic E-state index is 0.464. The summed E-state index contributed by atoms with van der Waals surface area (Å²) >= 11 is 7.62. The van der Waals surface area contributed by atoms with Gasteiger partial charge in [0, 0.05) is 31.8 Å². The second-order valence-electron chi connectivity index (χ2n) is 3.69. The molecule has 0 N–H and O–H groups in total. The number of hydrogen-bond donors (Lipinski definition) is 0. The van der Waals surface area contributed by atoms with E-state index < -0.39 is 0 Å². The van der Waals surface area contributed by atoms with Crippen LogP contribution in [0.25, 0.3) is 4.96 Å². The second-order valence-corrected chi connectivity index (χ2v) is 4.83. The van der Waals surface area contributed by atoms with Gasteiger partial charge < -0.3 is 9.64 Å². The lowest BCUT2D eigenvalue weighted by atomic mass is 10.4. The number of thiazole rings is 1. The fourth-order valence-corrected chi connectivity index (χ4v) is 2.68. The molecule has 0 aromatic carbocycles. The van der Waals surface area contributed by atoms with Crippen LogP contribution in [0.1, 0.15) is 12.6 Å². The lowest BCUT2D eigenvalue weighted by molar-refractivity contribution is 0.154. The Morgan fingerprint density at radius 1 is 1.59 bits per heavy atom. The van der Waals surface area contributed by atoms with E-state index in [0.717, 1.165) is 29.6 Å². The molecule has 0 aliphatic heterocycles. The highest BCUT2D eigenvalue weighted by Crippen LogP contribution is 2.25. The number of alkyl halides is 1. The van der Waals surface area contributed by atoms with Crippen molar-refractivity contribution in [2.75, 3.05) is 31.7 Å². The molecule has 0 radical (unpaired) electrons. The minimum Gasteiger partial charge on any atom is -0.380 e. The Morgan fingerprint density at radius 2 is 2.41 bits per heavy atom. The molecule has 2 aromatic rings. The summed E-state index contributed by atoms with van der Waals surface area (Å²) in [6, 6.07) is 0. The molecule has 2 heterocycles. The Morgan fingerprint density at radius 3 is 3.12 bits per heavy atom. The molecule has 0 aliphatic carbocycles. The summed E-state index contributed by atoms with van der Waals surface area (Å²) in [5.74, 6) is 1.42. The third kappa shape index (κ3) is 2.56. The van der Waals surface area contributed by atoms with E-state index in [1.807, 2.05) is 29.9 Å². The summed E-state index contributed by atoms with van der Waals surface area (Å²) in [6.07, 6.45) is 2.00. The second kappa shape index (κ2) is 5.71. The topological polar surface area (TPSA) is 29.8 Å². The fourth-order valence-electron chi connectivity index (χ4n) is 1.70. The number of anilines is 1. The number of aromatic nitrogens is 2. The molecule has 94 valence electrons. The molecule has 0 saturated carbocycles. The maximum Gasteiger partial charge on any atom is 0.195 e. The van der Waals surface area contributed by atoms with Crippen LogP contribution in [0.3, 0.4) is 0 Å². The predicted molar refractivity (Wildman–Crippen MR) is 72.4 cm³/mol. The summed E-state index contributed by atoms with van der Waals surface area (Å²) < 4.78 is 7.39. The van der Waals surface area contributed by atoms with E-state index in [4.69, 9.17) is 16.3 Å². The lowest BCUT2D eigenvalue weighted by Crippen LogP contribution is -2.23. The first kappa shape index (κ1) is 12.7. The van der Waals surface area contributed by atoms with Crippen LogP contribution in [0.2, 0.25) is 0 Å². The van der Waals surface area contributed by atoms with E-state index in [1.54, 1.807) is 11.3 Å². The van der Waals surface area contributed by atoms with Gasteiger partial charge in [0.05, 0.1) is 18.2 Å². The molecule has 0 unspecified atom stereocenters. The quantitative estimate of drug-likeness (QED) is 0.599. The first-order chi connectivity index (χ1) is 8.27. The van der Waals surface area contributed by atoms with Crippen LogP contribution in [-0.4, -0.2) is 36.2 Å². The van der Waals surface area contributed by atoms with Gasteiger partial charge in [0.1, 0.15) is 0 Å². The lowest BCUT2D eigenvalue weighted by Gasteiger charge is -2.17. The molecular weight excluding hydrogens is 258 g/mol. The molecule has 0 saturated heterocycles. The van der Waals surface area contributed by atoms with Crippen LogP contribution in [-0.2, 0) is 10.6 Å². The highest BCUT2D eigenvalue weighted by Gasteiger charge is 2.15. The van der Waals surface area contributed by atoms with E-state index in [1.165, 1.54) is 0 Å². The average molecular weight is 274 g/mol. The summed E-state index contributed by atoms with van der Waals surface area (Å²) in [5, 5.41) is 2.02. The number of fused-ring (bicyclic) bond motifs is 1. The molecule has 0 aliphatic rings. The maximum atomic E-state index is 6.00. The first-order valence-corrected chi connectivity index (χ1v) is 6.98. The van der Waals surface area contributed by atoms with Crippen LogP contribution in [0.15, 0.2) is 11.6 Å². The van der Waals surface area contributed by atoms with Gasteiger partial charge in [0.25, 0.3) is 0 Å². The van der Waals surface area contributed by atoms with Crippen molar-refractivity contribution in [2.45, 2.75) is 12.8 Å². The van der Waals surface area contributed by atoms with E-state index in [-0.39, 0.29) is 0 Å². The van der Waals surface area contributed by atoms with Gasteiger partial charge in [0.2, 0.25) is 0 Å². The number of hydrogen-bond acceptors (Lipinski definition) is 4. The number of imidazole rings is 1. The van der Waals surface area contributed by atoms with Gasteiger partial charge in [-0.05, 0) is 6.92 Å². The highest BCUT2D eigenvalue weighted by molar-refractivity contribution is 7.15. The van der Waals surface area contributed by atoms with E-state index in [0.29, 0.717) is 12.5 Å². The molecule has 6 heteroatoms. The van der Waals surface area contributed by atoms with E-state index >= 15 is 0 Å². The molecule has 0 bridgehead atoms. The summed E-state index contributed by atoms with van der Waals surface area (Å²) in [7, 11) is 2.02. The normalized spacial score (nSPS) is 11.2. The molecule has 4 nitrogen and oxygen atoms in total.